The van der Waals surface area contributed by atoms with Crippen LogP contribution < -0.4 is 5.32 Å². The van der Waals surface area contributed by atoms with Crippen molar-refractivity contribution in [2.45, 2.75) is 27.7 Å². The van der Waals surface area contributed by atoms with E-state index in [2.05, 4.69) is 24.1 Å². The van der Waals surface area contributed by atoms with Crippen molar-refractivity contribution in [2.75, 3.05) is 26.2 Å². The average molecular weight is 225 g/mol. The normalized spacial score (nSPS) is 12.6. The second kappa shape index (κ2) is 8.12. The molecular formula is C12H23N3O. The van der Waals surface area contributed by atoms with Gasteiger partial charge in [0.2, 0.25) is 5.91 Å². The minimum Gasteiger partial charge on any atom is -0.354 e. The number of nitrogens with one attached hydrogen (secondary N) is 1. The Hall–Kier alpha value is -1.08. The van der Waals surface area contributed by atoms with E-state index in [9.17, 15) is 4.79 Å². The molecule has 4 heteroatoms. The zero-order valence-corrected chi connectivity index (χ0v) is 10.8. The molecule has 0 aliphatic heterocycles. The molecule has 0 aromatic carbocycles. The highest BCUT2D eigenvalue weighted by atomic mass is 16.1. The lowest BCUT2D eigenvalue weighted by Gasteiger charge is -2.19. The maximum absolute atomic E-state index is 11.6. The van der Waals surface area contributed by atoms with Crippen molar-refractivity contribution < 1.29 is 4.79 Å². The van der Waals surface area contributed by atoms with Crippen molar-refractivity contribution in [3.05, 3.63) is 0 Å². The van der Waals surface area contributed by atoms with Gasteiger partial charge in [0.1, 0.15) is 5.92 Å². The van der Waals surface area contributed by atoms with Crippen LogP contribution in [0.1, 0.15) is 27.7 Å². The molecule has 4 nitrogen and oxygen atoms in total. The van der Waals surface area contributed by atoms with Crippen LogP contribution in [0.3, 0.4) is 0 Å². The topological polar surface area (TPSA) is 56.1 Å². The summed E-state index contributed by atoms with van der Waals surface area (Å²) in [6, 6.07) is 2.04. The highest BCUT2D eigenvalue weighted by Gasteiger charge is 2.20. The Bertz CT molecular complexity index is 241. The van der Waals surface area contributed by atoms with Gasteiger partial charge in [-0.15, -0.1) is 0 Å². The van der Waals surface area contributed by atoms with Crippen LogP contribution in [0.25, 0.3) is 0 Å². The summed E-state index contributed by atoms with van der Waals surface area (Å²) in [5.74, 6) is -0.611. The molecule has 0 fully saturated rings. The number of rotatable bonds is 7. The Labute approximate surface area is 98.6 Å². The van der Waals surface area contributed by atoms with Crippen molar-refractivity contribution in [1.29, 1.82) is 5.26 Å². The van der Waals surface area contributed by atoms with Crippen LogP contribution in [0, 0.1) is 23.2 Å². The molecule has 0 spiro atoms. The minimum absolute atomic E-state index is 0.0680. The van der Waals surface area contributed by atoms with Gasteiger partial charge >= 0.3 is 0 Å². The van der Waals surface area contributed by atoms with E-state index in [0.29, 0.717) is 6.54 Å². The van der Waals surface area contributed by atoms with Crippen LogP contribution in [0.2, 0.25) is 0 Å². The first-order valence-corrected chi connectivity index (χ1v) is 5.96. The Kier molecular flexibility index (Phi) is 7.57. The van der Waals surface area contributed by atoms with E-state index in [1.807, 2.05) is 19.9 Å². The Morgan fingerprint density at radius 1 is 1.38 bits per heavy atom. The first-order valence-electron chi connectivity index (χ1n) is 5.96. The molecule has 16 heavy (non-hydrogen) atoms. The van der Waals surface area contributed by atoms with Gasteiger partial charge in [0.15, 0.2) is 0 Å². The zero-order valence-electron chi connectivity index (χ0n) is 10.8. The van der Waals surface area contributed by atoms with Crippen molar-refractivity contribution in [3.8, 4) is 6.07 Å². The molecule has 1 amide bonds. The summed E-state index contributed by atoms with van der Waals surface area (Å²) in [5, 5.41) is 11.7. The van der Waals surface area contributed by atoms with Crippen LogP contribution in [-0.2, 0) is 4.79 Å². The van der Waals surface area contributed by atoms with E-state index >= 15 is 0 Å². The molecule has 0 aromatic heterocycles. The van der Waals surface area contributed by atoms with Crippen LogP contribution in [0.15, 0.2) is 0 Å². The standard InChI is InChI=1S/C12H23N3O/c1-5-15(6-2)8-7-14-12(16)11(9-13)10(3)4/h10-11H,5-8H2,1-4H3,(H,14,16). The monoisotopic (exact) mass is 225 g/mol. The summed E-state index contributed by atoms with van der Waals surface area (Å²) < 4.78 is 0. The molecule has 0 radical (unpaired) electrons. The van der Waals surface area contributed by atoms with Crippen molar-refractivity contribution in [2.24, 2.45) is 11.8 Å². The van der Waals surface area contributed by atoms with Gasteiger partial charge in [0, 0.05) is 13.1 Å². The van der Waals surface area contributed by atoms with E-state index in [4.69, 9.17) is 5.26 Å². The second-order valence-electron chi connectivity index (χ2n) is 4.17. The summed E-state index contributed by atoms with van der Waals surface area (Å²) in [5.41, 5.74) is 0. The fourth-order valence-corrected chi connectivity index (χ4v) is 1.50. The van der Waals surface area contributed by atoms with E-state index in [1.54, 1.807) is 0 Å². The largest absolute Gasteiger partial charge is 0.354 e. The van der Waals surface area contributed by atoms with Crippen LogP contribution >= 0.6 is 0 Å². The first kappa shape index (κ1) is 14.9. The molecule has 0 saturated carbocycles. The predicted octanol–water partition coefficient (Wildman–Crippen LogP) is 1.24. The molecule has 0 saturated heterocycles. The van der Waals surface area contributed by atoms with E-state index in [0.717, 1.165) is 19.6 Å². The minimum atomic E-state index is -0.531. The summed E-state index contributed by atoms with van der Waals surface area (Å²) in [7, 11) is 0. The molecule has 0 heterocycles. The molecule has 0 aliphatic carbocycles. The van der Waals surface area contributed by atoms with Gasteiger partial charge in [0.25, 0.3) is 0 Å². The van der Waals surface area contributed by atoms with Gasteiger partial charge in [-0.2, -0.15) is 5.26 Å². The third-order valence-corrected chi connectivity index (χ3v) is 2.71. The van der Waals surface area contributed by atoms with Gasteiger partial charge in [-0.3, -0.25) is 4.79 Å². The summed E-state index contributed by atoms with van der Waals surface area (Å²) in [6.07, 6.45) is 0. The molecule has 0 bridgehead atoms. The fourth-order valence-electron chi connectivity index (χ4n) is 1.50. The Morgan fingerprint density at radius 2 is 1.94 bits per heavy atom. The lowest BCUT2D eigenvalue weighted by Crippen LogP contribution is -2.38. The van der Waals surface area contributed by atoms with Crippen LogP contribution in [0.5, 0.6) is 0 Å². The maximum atomic E-state index is 11.6. The van der Waals surface area contributed by atoms with Gasteiger partial charge in [-0.05, 0) is 19.0 Å². The quantitative estimate of drug-likeness (QED) is 0.709. The number of nitriles is 1. The van der Waals surface area contributed by atoms with Crippen molar-refractivity contribution in [3.63, 3.8) is 0 Å². The number of amides is 1. The van der Waals surface area contributed by atoms with Gasteiger partial charge in [-0.1, -0.05) is 27.7 Å². The maximum Gasteiger partial charge on any atom is 0.237 e. The molecule has 92 valence electrons. The van der Waals surface area contributed by atoms with Crippen LogP contribution in [-0.4, -0.2) is 37.0 Å². The van der Waals surface area contributed by atoms with Gasteiger partial charge in [0.05, 0.1) is 6.07 Å². The lowest BCUT2D eigenvalue weighted by atomic mass is 9.97. The molecule has 0 aromatic rings. The summed E-state index contributed by atoms with van der Waals surface area (Å²) >= 11 is 0. The number of hydrogen-bond donors (Lipinski definition) is 1. The first-order chi connectivity index (χ1) is 7.56. The predicted molar refractivity (Wildman–Crippen MR) is 64.7 cm³/mol. The van der Waals surface area contributed by atoms with Crippen molar-refractivity contribution in [1.82, 2.24) is 10.2 Å². The SMILES string of the molecule is CCN(CC)CCNC(=O)C(C#N)C(C)C. The highest BCUT2D eigenvalue weighted by Crippen LogP contribution is 2.08. The Morgan fingerprint density at radius 3 is 2.31 bits per heavy atom. The lowest BCUT2D eigenvalue weighted by molar-refractivity contribution is -0.124. The number of nitrogens with zero attached hydrogens (tertiary/aromatic N) is 2. The summed E-state index contributed by atoms with van der Waals surface area (Å²) in [6.45, 7) is 11.4. The number of hydrogen-bond acceptors (Lipinski definition) is 3. The zero-order chi connectivity index (χ0) is 12.6. The van der Waals surface area contributed by atoms with Crippen molar-refractivity contribution >= 4 is 5.91 Å². The van der Waals surface area contributed by atoms with Gasteiger partial charge < -0.3 is 10.2 Å². The molecule has 1 N–H and O–H groups in total. The molecule has 0 aliphatic rings. The smallest absolute Gasteiger partial charge is 0.237 e. The number of carbonyl (C=O) groups is 1. The third kappa shape index (κ3) is 5.13. The second-order valence-corrected chi connectivity index (χ2v) is 4.17. The molecule has 0 rings (SSSR count). The molecular weight excluding hydrogens is 202 g/mol. The molecule has 1 atom stereocenters. The summed E-state index contributed by atoms with van der Waals surface area (Å²) in [4.78, 5) is 13.9. The number of carbonyl (C=O) groups excluding carboxylic acids is 1. The van der Waals surface area contributed by atoms with E-state index in [1.165, 1.54) is 0 Å². The highest BCUT2D eigenvalue weighted by molar-refractivity contribution is 5.81. The van der Waals surface area contributed by atoms with E-state index in [-0.39, 0.29) is 11.8 Å². The van der Waals surface area contributed by atoms with Gasteiger partial charge in [-0.25, -0.2) is 0 Å². The van der Waals surface area contributed by atoms with E-state index < -0.39 is 5.92 Å². The fraction of sp³-hybridized carbons (Fsp3) is 0.833. The molecule has 1 unspecified atom stereocenters. The Balaban J connectivity index is 3.94. The number of likely N-dealkylation sites (N-methyl/N-ethyl adjacent to an activating group) is 1. The third-order valence-electron chi connectivity index (χ3n) is 2.71. The average Bonchev–Trinajstić information content (AvgIpc) is 2.25. The van der Waals surface area contributed by atoms with Crippen LogP contribution in [0.4, 0.5) is 0 Å².